The van der Waals surface area contributed by atoms with Crippen molar-refractivity contribution in [1.82, 2.24) is 4.90 Å². The van der Waals surface area contributed by atoms with Gasteiger partial charge in [0.1, 0.15) is 0 Å². The predicted molar refractivity (Wildman–Crippen MR) is 97.3 cm³/mol. The number of hydrogen-bond donors (Lipinski definition) is 0. The molecule has 24 heavy (non-hydrogen) atoms. The third-order valence-electron chi connectivity index (χ3n) is 4.51. The monoisotopic (exact) mass is 323 g/mol. The number of carbonyl (C=O) groups excluding carboxylic acids is 1. The molecule has 1 aliphatic heterocycles. The molecule has 1 heterocycles. The van der Waals surface area contributed by atoms with Crippen LogP contribution in [0.2, 0.25) is 0 Å². The largest absolute Gasteiger partial charge is 0.378 e. The maximum Gasteiger partial charge on any atom is 0.254 e. The lowest BCUT2D eigenvalue weighted by atomic mass is 9.86. The van der Waals surface area contributed by atoms with Crippen LogP contribution in [0.3, 0.4) is 0 Å². The number of benzene rings is 2. The Balaban J connectivity index is 1.75. The SMILES string of the molecule is CC(C)(C)c1ccc(-c2ccc(C(=O)N3CCOCC3)cc2)cc1. The first kappa shape index (κ1) is 16.7. The third kappa shape index (κ3) is 3.68. The number of ether oxygens (including phenoxy) is 1. The van der Waals surface area contributed by atoms with Crippen molar-refractivity contribution in [2.24, 2.45) is 0 Å². The summed E-state index contributed by atoms with van der Waals surface area (Å²) in [6.07, 6.45) is 0. The highest BCUT2D eigenvalue weighted by molar-refractivity contribution is 5.94. The Kier molecular flexibility index (Phi) is 4.72. The normalized spacial score (nSPS) is 15.4. The number of morpholine rings is 1. The van der Waals surface area contributed by atoms with Crippen molar-refractivity contribution in [2.45, 2.75) is 26.2 Å². The molecule has 2 aromatic carbocycles. The Morgan fingerprint density at radius 1 is 0.875 bits per heavy atom. The van der Waals surface area contributed by atoms with Gasteiger partial charge in [-0.3, -0.25) is 4.79 Å². The predicted octanol–water partition coefficient (Wildman–Crippen LogP) is 4.12. The maximum atomic E-state index is 12.5. The van der Waals surface area contributed by atoms with Crippen LogP contribution in [0.25, 0.3) is 11.1 Å². The molecule has 0 radical (unpaired) electrons. The first-order valence-electron chi connectivity index (χ1n) is 8.53. The third-order valence-corrected chi connectivity index (χ3v) is 4.51. The van der Waals surface area contributed by atoms with Crippen molar-refractivity contribution in [1.29, 1.82) is 0 Å². The molecule has 0 aliphatic carbocycles. The van der Waals surface area contributed by atoms with Crippen LogP contribution in [0.1, 0.15) is 36.7 Å². The summed E-state index contributed by atoms with van der Waals surface area (Å²) in [5.74, 6) is 0.0907. The van der Waals surface area contributed by atoms with Gasteiger partial charge in [-0.2, -0.15) is 0 Å². The Hall–Kier alpha value is -2.13. The fourth-order valence-electron chi connectivity index (χ4n) is 2.92. The summed E-state index contributed by atoms with van der Waals surface area (Å²) in [7, 11) is 0. The van der Waals surface area contributed by atoms with Crippen LogP contribution in [-0.2, 0) is 10.2 Å². The molecule has 0 unspecified atom stereocenters. The van der Waals surface area contributed by atoms with Crippen LogP contribution in [0.15, 0.2) is 48.5 Å². The smallest absolute Gasteiger partial charge is 0.254 e. The molecule has 1 amide bonds. The van der Waals surface area contributed by atoms with E-state index in [-0.39, 0.29) is 11.3 Å². The Morgan fingerprint density at radius 3 is 1.88 bits per heavy atom. The van der Waals surface area contributed by atoms with E-state index in [0.29, 0.717) is 26.3 Å². The zero-order valence-corrected chi connectivity index (χ0v) is 14.7. The second-order valence-electron chi connectivity index (χ2n) is 7.31. The molecule has 1 fully saturated rings. The molecular weight excluding hydrogens is 298 g/mol. The van der Waals surface area contributed by atoms with Gasteiger partial charge in [0.2, 0.25) is 0 Å². The first-order chi connectivity index (χ1) is 11.4. The molecule has 0 saturated carbocycles. The van der Waals surface area contributed by atoms with Crippen molar-refractivity contribution in [2.75, 3.05) is 26.3 Å². The van der Waals surface area contributed by atoms with Crippen molar-refractivity contribution in [3.63, 3.8) is 0 Å². The van der Waals surface area contributed by atoms with Crippen LogP contribution >= 0.6 is 0 Å². The second kappa shape index (κ2) is 6.78. The molecule has 2 aromatic rings. The lowest BCUT2D eigenvalue weighted by Crippen LogP contribution is -2.40. The Bertz CT molecular complexity index is 690. The fraction of sp³-hybridized carbons (Fsp3) is 0.381. The summed E-state index contributed by atoms with van der Waals surface area (Å²) in [5, 5.41) is 0. The standard InChI is InChI=1S/C21H25NO2/c1-21(2,3)19-10-8-17(9-11-19)16-4-6-18(7-5-16)20(23)22-12-14-24-15-13-22/h4-11H,12-15H2,1-3H3. The second-order valence-corrected chi connectivity index (χ2v) is 7.31. The van der Waals surface area contributed by atoms with E-state index in [1.54, 1.807) is 0 Å². The Labute approximate surface area is 144 Å². The Morgan fingerprint density at radius 2 is 1.38 bits per heavy atom. The van der Waals surface area contributed by atoms with E-state index in [2.05, 4.69) is 45.0 Å². The summed E-state index contributed by atoms with van der Waals surface area (Å²) in [4.78, 5) is 14.3. The molecule has 0 N–H and O–H groups in total. The van der Waals surface area contributed by atoms with E-state index in [1.165, 1.54) is 11.1 Å². The molecule has 126 valence electrons. The number of amides is 1. The molecule has 0 spiro atoms. The zero-order chi connectivity index (χ0) is 17.2. The zero-order valence-electron chi connectivity index (χ0n) is 14.7. The van der Waals surface area contributed by atoms with Gasteiger partial charge in [-0.25, -0.2) is 0 Å². The van der Waals surface area contributed by atoms with E-state index < -0.39 is 0 Å². The van der Waals surface area contributed by atoms with Gasteiger partial charge < -0.3 is 9.64 Å². The molecule has 0 atom stereocenters. The number of carbonyl (C=O) groups is 1. The van der Waals surface area contributed by atoms with E-state index in [9.17, 15) is 4.79 Å². The highest BCUT2D eigenvalue weighted by Gasteiger charge is 2.18. The fourth-order valence-corrected chi connectivity index (χ4v) is 2.92. The minimum absolute atomic E-state index is 0.0907. The van der Waals surface area contributed by atoms with Gasteiger partial charge in [-0.05, 0) is 34.2 Å². The van der Waals surface area contributed by atoms with Gasteiger partial charge in [0.15, 0.2) is 0 Å². The number of rotatable bonds is 2. The number of nitrogens with zero attached hydrogens (tertiary/aromatic N) is 1. The summed E-state index contributed by atoms with van der Waals surface area (Å²) in [5.41, 5.74) is 4.53. The van der Waals surface area contributed by atoms with Crippen LogP contribution in [0.5, 0.6) is 0 Å². The topological polar surface area (TPSA) is 29.5 Å². The van der Waals surface area contributed by atoms with E-state index in [1.807, 2.05) is 29.2 Å². The highest BCUT2D eigenvalue weighted by Crippen LogP contribution is 2.26. The van der Waals surface area contributed by atoms with Gasteiger partial charge in [0.25, 0.3) is 5.91 Å². The molecule has 3 nitrogen and oxygen atoms in total. The van der Waals surface area contributed by atoms with E-state index in [4.69, 9.17) is 4.74 Å². The lowest BCUT2D eigenvalue weighted by molar-refractivity contribution is 0.0303. The van der Waals surface area contributed by atoms with Crippen LogP contribution in [-0.4, -0.2) is 37.1 Å². The van der Waals surface area contributed by atoms with Crippen molar-refractivity contribution >= 4 is 5.91 Å². The molecule has 0 bridgehead atoms. The molecule has 0 aromatic heterocycles. The molecule has 3 rings (SSSR count). The number of hydrogen-bond acceptors (Lipinski definition) is 2. The summed E-state index contributed by atoms with van der Waals surface area (Å²) >= 11 is 0. The van der Waals surface area contributed by atoms with E-state index in [0.717, 1.165) is 11.1 Å². The quantitative estimate of drug-likeness (QED) is 0.832. The highest BCUT2D eigenvalue weighted by atomic mass is 16.5. The first-order valence-corrected chi connectivity index (χ1v) is 8.53. The minimum atomic E-state index is 0.0907. The molecular formula is C21H25NO2. The van der Waals surface area contributed by atoms with E-state index >= 15 is 0 Å². The molecule has 1 saturated heterocycles. The molecule has 1 aliphatic rings. The lowest BCUT2D eigenvalue weighted by Gasteiger charge is -2.26. The van der Waals surface area contributed by atoms with Gasteiger partial charge in [0, 0.05) is 18.7 Å². The summed E-state index contributed by atoms with van der Waals surface area (Å²) in [6, 6.07) is 16.6. The average Bonchev–Trinajstić information content (AvgIpc) is 2.61. The summed E-state index contributed by atoms with van der Waals surface area (Å²) < 4.78 is 5.30. The van der Waals surface area contributed by atoms with Gasteiger partial charge in [0.05, 0.1) is 13.2 Å². The van der Waals surface area contributed by atoms with Gasteiger partial charge >= 0.3 is 0 Å². The van der Waals surface area contributed by atoms with Crippen LogP contribution in [0.4, 0.5) is 0 Å². The van der Waals surface area contributed by atoms with Crippen molar-refractivity contribution < 1.29 is 9.53 Å². The minimum Gasteiger partial charge on any atom is -0.378 e. The van der Waals surface area contributed by atoms with Crippen LogP contribution < -0.4 is 0 Å². The van der Waals surface area contributed by atoms with Crippen molar-refractivity contribution in [3.05, 3.63) is 59.7 Å². The van der Waals surface area contributed by atoms with Gasteiger partial charge in [-0.15, -0.1) is 0 Å². The van der Waals surface area contributed by atoms with Crippen LogP contribution in [0, 0.1) is 0 Å². The molecule has 3 heteroatoms. The summed E-state index contributed by atoms with van der Waals surface area (Å²) in [6.45, 7) is 9.26. The van der Waals surface area contributed by atoms with Gasteiger partial charge in [-0.1, -0.05) is 57.2 Å². The maximum absolute atomic E-state index is 12.5. The average molecular weight is 323 g/mol. The van der Waals surface area contributed by atoms with Crippen molar-refractivity contribution in [3.8, 4) is 11.1 Å².